The molecule has 1 amide bonds. The summed E-state index contributed by atoms with van der Waals surface area (Å²) in [6.45, 7) is 2.38. The molecule has 1 saturated heterocycles. The molecule has 0 bridgehead atoms. The Kier molecular flexibility index (Phi) is 4.98. The molecule has 0 spiro atoms. The lowest BCUT2D eigenvalue weighted by Gasteiger charge is -2.33. The second-order valence-electron chi connectivity index (χ2n) is 5.73. The van der Waals surface area contributed by atoms with Crippen molar-refractivity contribution < 1.29 is 13.9 Å². The topological polar surface area (TPSA) is 54.7 Å². The number of furan rings is 1. The fourth-order valence-electron chi connectivity index (χ4n) is 2.86. The lowest BCUT2D eigenvalue weighted by molar-refractivity contribution is 0.0819. The average molecular weight is 314 g/mol. The third kappa shape index (κ3) is 3.93. The second-order valence-corrected chi connectivity index (χ2v) is 5.73. The molecule has 0 atom stereocenters. The number of nitrogens with zero attached hydrogens (tertiary/aromatic N) is 1. The van der Waals surface area contributed by atoms with Crippen molar-refractivity contribution in [3.63, 3.8) is 0 Å². The molecule has 1 aliphatic rings. The Labute approximate surface area is 136 Å². The van der Waals surface area contributed by atoms with Gasteiger partial charge in [-0.3, -0.25) is 4.79 Å². The van der Waals surface area contributed by atoms with Crippen molar-refractivity contribution in [2.45, 2.75) is 25.5 Å². The van der Waals surface area contributed by atoms with E-state index in [1.54, 1.807) is 13.4 Å². The number of anilines is 1. The average Bonchev–Trinajstić information content (AvgIpc) is 3.13. The number of hydrogen-bond donors (Lipinski definition) is 1. The van der Waals surface area contributed by atoms with Crippen LogP contribution in [-0.4, -0.2) is 32.2 Å². The third-order valence-electron chi connectivity index (χ3n) is 4.27. The molecule has 1 aliphatic heterocycles. The van der Waals surface area contributed by atoms with Gasteiger partial charge in [0, 0.05) is 31.5 Å². The van der Waals surface area contributed by atoms with Crippen LogP contribution in [0.3, 0.4) is 0 Å². The molecule has 23 heavy (non-hydrogen) atoms. The van der Waals surface area contributed by atoms with Crippen molar-refractivity contribution in [3.8, 4) is 0 Å². The van der Waals surface area contributed by atoms with Gasteiger partial charge in [0.05, 0.1) is 18.9 Å². The molecule has 2 aromatic rings. The van der Waals surface area contributed by atoms with Gasteiger partial charge < -0.3 is 19.4 Å². The number of piperidine rings is 1. The minimum Gasteiger partial charge on any atom is -0.467 e. The number of ether oxygens (including phenoxy) is 1. The highest BCUT2D eigenvalue weighted by molar-refractivity contribution is 5.94. The summed E-state index contributed by atoms with van der Waals surface area (Å²) in [4.78, 5) is 14.5. The maximum atomic E-state index is 12.1. The minimum absolute atomic E-state index is 0.0916. The van der Waals surface area contributed by atoms with Crippen LogP contribution in [0.1, 0.15) is 29.0 Å². The zero-order valence-corrected chi connectivity index (χ0v) is 13.3. The van der Waals surface area contributed by atoms with Gasteiger partial charge in [-0.25, -0.2) is 0 Å². The van der Waals surface area contributed by atoms with Crippen LogP contribution in [-0.2, 0) is 11.3 Å². The van der Waals surface area contributed by atoms with E-state index in [1.165, 1.54) is 0 Å². The molecule has 5 heteroatoms. The second kappa shape index (κ2) is 7.33. The van der Waals surface area contributed by atoms with Crippen molar-refractivity contribution in [1.29, 1.82) is 0 Å². The number of rotatable bonds is 5. The molecule has 0 unspecified atom stereocenters. The number of methoxy groups -OCH3 is 1. The van der Waals surface area contributed by atoms with E-state index in [1.807, 2.05) is 36.4 Å². The van der Waals surface area contributed by atoms with Crippen LogP contribution < -0.4 is 10.2 Å². The van der Waals surface area contributed by atoms with Gasteiger partial charge in [0.25, 0.3) is 5.91 Å². The first-order valence-corrected chi connectivity index (χ1v) is 7.94. The summed E-state index contributed by atoms with van der Waals surface area (Å²) in [6, 6.07) is 11.4. The van der Waals surface area contributed by atoms with Crippen LogP contribution in [0.4, 0.5) is 5.69 Å². The fraction of sp³-hybridized carbons (Fsp3) is 0.389. The monoisotopic (exact) mass is 314 g/mol. The van der Waals surface area contributed by atoms with Crippen LogP contribution in [0.5, 0.6) is 0 Å². The van der Waals surface area contributed by atoms with Gasteiger partial charge in [-0.2, -0.15) is 0 Å². The van der Waals surface area contributed by atoms with Crippen molar-refractivity contribution in [1.82, 2.24) is 5.32 Å². The zero-order valence-electron chi connectivity index (χ0n) is 13.3. The predicted octanol–water partition coefficient (Wildman–Crippen LogP) is 2.82. The van der Waals surface area contributed by atoms with Gasteiger partial charge in [0.2, 0.25) is 0 Å². The molecule has 2 heterocycles. The lowest BCUT2D eigenvalue weighted by Crippen LogP contribution is -2.36. The Morgan fingerprint density at radius 2 is 2.00 bits per heavy atom. The Morgan fingerprint density at radius 3 is 2.61 bits per heavy atom. The summed E-state index contributed by atoms with van der Waals surface area (Å²) in [5.41, 5.74) is 1.81. The van der Waals surface area contributed by atoms with Gasteiger partial charge in [-0.1, -0.05) is 0 Å². The summed E-state index contributed by atoms with van der Waals surface area (Å²) < 4.78 is 10.6. The molecule has 0 aliphatic carbocycles. The molecule has 1 aromatic heterocycles. The van der Waals surface area contributed by atoms with Crippen LogP contribution in [0.2, 0.25) is 0 Å². The van der Waals surface area contributed by atoms with Crippen molar-refractivity contribution in [2.75, 3.05) is 25.1 Å². The van der Waals surface area contributed by atoms with E-state index >= 15 is 0 Å². The number of carbonyl (C=O) groups excluding carboxylic acids is 1. The summed E-state index contributed by atoms with van der Waals surface area (Å²) >= 11 is 0. The van der Waals surface area contributed by atoms with Crippen LogP contribution >= 0.6 is 0 Å². The van der Waals surface area contributed by atoms with Crippen LogP contribution in [0.25, 0.3) is 0 Å². The van der Waals surface area contributed by atoms with E-state index < -0.39 is 0 Å². The van der Waals surface area contributed by atoms with E-state index in [2.05, 4.69) is 10.2 Å². The van der Waals surface area contributed by atoms with Gasteiger partial charge in [-0.15, -0.1) is 0 Å². The number of benzene rings is 1. The highest BCUT2D eigenvalue weighted by Crippen LogP contribution is 2.21. The standard InChI is InChI=1S/C18H22N2O3/c1-22-16-8-10-20(11-9-16)15-6-4-14(5-7-15)18(21)19-13-17-3-2-12-23-17/h2-7,12,16H,8-11,13H2,1H3,(H,19,21). The zero-order chi connectivity index (χ0) is 16.1. The van der Waals surface area contributed by atoms with Crippen molar-refractivity contribution >= 4 is 11.6 Å². The molecule has 122 valence electrons. The largest absolute Gasteiger partial charge is 0.467 e. The first-order chi connectivity index (χ1) is 11.3. The van der Waals surface area contributed by atoms with Gasteiger partial charge in [0.1, 0.15) is 5.76 Å². The van der Waals surface area contributed by atoms with E-state index in [0.29, 0.717) is 18.2 Å². The van der Waals surface area contributed by atoms with Gasteiger partial charge in [-0.05, 0) is 49.2 Å². The highest BCUT2D eigenvalue weighted by atomic mass is 16.5. The quantitative estimate of drug-likeness (QED) is 0.922. The smallest absolute Gasteiger partial charge is 0.251 e. The van der Waals surface area contributed by atoms with Crippen molar-refractivity contribution in [3.05, 3.63) is 54.0 Å². The Balaban J connectivity index is 1.55. The lowest BCUT2D eigenvalue weighted by atomic mass is 10.1. The first-order valence-electron chi connectivity index (χ1n) is 7.94. The predicted molar refractivity (Wildman–Crippen MR) is 88.6 cm³/mol. The molecule has 1 aromatic carbocycles. The Morgan fingerprint density at radius 1 is 1.26 bits per heavy atom. The van der Waals surface area contributed by atoms with E-state index in [0.717, 1.165) is 37.4 Å². The molecule has 5 nitrogen and oxygen atoms in total. The van der Waals surface area contributed by atoms with Crippen LogP contribution in [0, 0.1) is 0 Å². The minimum atomic E-state index is -0.0916. The van der Waals surface area contributed by atoms with E-state index in [4.69, 9.17) is 9.15 Å². The first kappa shape index (κ1) is 15.6. The highest BCUT2D eigenvalue weighted by Gasteiger charge is 2.19. The van der Waals surface area contributed by atoms with Gasteiger partial charge in [0.15, 0.2) is 0 Å². The Bertz CT molecular complexity index is 614. The number of amides is 1. The SMILES string of the molecule is COC1CCN(c2ccc(C(=O)NCc3ccco3)cc2)CC1. The van der Waals surface area contributed by atoms with Crippen molar-refractivity contribution in [2.24, 2.45) is 0 Å². The number of hydrogen-bond acceptors (Lipinski definition) is 4. The molecule has 1 fully saturated rings. The molecule has 0 radical (unpaired) electrons. The normalized spacial score (nSPS) is 15.6. The Hall–Kier alpha value is -2.27. The van der Waals surface area contributed by atoms with Crippen LogP contribution in [0.15, 0.2) is 47.1 Å². The van der Waals surface area contributed by atoms with E-state index in [9.17, 15) is 4.79 Å². The molecular weight excluding hydrogens is 292 g/mol. The summed E-state index contributed by atoms with van der Waals surface area (Å²) in [7, 11) is 1.77. The fourth-order valence-corrected chi connectivity index (χ4v) is 2.86. The summed E-state index contributed by atoms with van der Waals surface area (Å²) in [5.74, 6) is 0.655. The molecule has 1 N–H and O–H groups in total. The molecule has 0 saturated carbocycles. The van der Waals surface area contributed by atoms with E-state index in [-0.39, 0.29) is 5.91 Å². The number of nitrogens with one attached hydrogen (secondary N) is 1. The summed E-state index contributed by atoms with van der Waals surface area (Å²) in [6.07, 6.45) is 4.06. The summed E-state index contributed by atoms with van der Waals surface area (Å²) in [5, 5.41) is 2.85. The number of carbonyl (C=O) groups is 1. The molecule has 3 rings (SSSR count). The maximum absolute atomic E-state index is 12.1. The van der Waals surface area contributed by atoms with Gasteiger partial charge >= 0.3 is 0 Å². The third-order valence-corrected chi connectivity index (χ3v) is 4.27. The molecular formula is C18H22N2O3. The maximum Gasteiger partial charge on any atom is 0.251 e.